The molecule has 0 spiro atoms. The van der Waals surface area contributed by atoms with Crippen LogP contribution in [0.15, 0.2) is 48.5 Å². The predicted octanol–water partition coefficient (Wildman–Crippen LogP) is 3.65. The maximum absolute atomic E-state index is 12.2. The first-order valence-electron chi connectivity index (χ1n) is 9.26. The number of hydrogen-bond acceptors (Lipinski definition) is 4. The van der Waals surface area contributed by atoms with Gasteiger partial charge in [0.25, 0.3) is 0 Å². The predicted molar refractivity (Wildman–Crippen MR) is 107 cm³/mol. The summed E-state index contributed by atoms with van der Waals surface area (Å²) in [4.78, 5) is 26.8. The summed E-state index contributed by atoms with van der Waals surface area (Å²) in [6.07, 6.45) is 2.38. The summed E-state index contributed by atoms with van der Waals surface area (Å²) in [6.45, 7) is 5.92. The molecule has 0 aliphatic carbocycles. The molecular formula is C21H25N3O3. The molecule has 6 heteroatoms. The van der Waals surface area contributed by atoms with Gasteiger partial charge in [-0.25, -0.2) is 0 Å². The van der Waals surface area contributed by atoms with Crippen LogP contribution in [0.2, 0.25) is 0 Å². The highest BCUT2D eigenvalue weighted by Crippen LogP contribution is 2.25. The van der Waals surface area contributed by atoms with E-state index in [1.807, 2.05) is 44.2 Å². The molecule has 142 valence electrons. The molecule has 2 N–H and O–H groups in total. The molecule has 1 aliphatic heterocycles. The van der Waals surface area contributed by atoms with Gasteiger partial charge in [0.1, 0.15) is 5.75 Å². The van der Waals surface area contributed by atoms with E-state index in [0.29, 0.717) is 17.1 Å². The minimum atomic E-state index is -0.738. The van der Waals surface area contributed by atoms with E-state index in [1.54, 1.807) is 18.2 Å². The van der Waals surface area contributed by atoms with Gasteiger partial charge in [0.2, 0.25) is 0 Å². The first kappa shape index (κ1) is 18.8. The highest BCUT2D eigenvalue weighted by Gasteiger charge is 2.17. The molecule has 27 heavy (non-hydrogen) atoms. The summed E-state index contributed by atoms with van der Waals surface area (Å²) in [5.74, 6) is -0.926. The van der Waals surface area contributed by atoms with Crippen LogP contribution in [0.1, 0.15) is 26.7 Å². The van der Waals surface area contributed by atoms with Crippen LogP contribution in [0.3, 0.4) is 0 Å². The first-order chi connectivity index (χ1) is 13.0. The van der Waals surface area contributed by atoms with Gasteiger partial charge in [-0.05, 0) is 63.1 Å². The number of ether oxygens (including phenoxy) is 1. The number of rotatable bonds is 5. The van der Waals surface area contributed by atoms with Crippen molar-refractivity contribution in [3.05, 3.63) is 48.5 Å². The lowest BCUT2D eigenvalue weighted by Crippen LogP contribution is -2.29. The lowest BCUT2D eigenvalue weighted by atomic mass is 10.2. The number of para-hydroxylation sites is 2. The zero-order chi connectivity index (χ0) is 19.2. The monoisotopic (exact) mass is 367 g/mol. The van der Waals surface area contributed by atoms with Gasteiger partial charge in [-0.15, -0.1) is 0 Å². The second-order valence-electron chi connectivity index (χ2n) is 6.81. The second kappa shape index (κ2) is 8.58. The zero-order valence-corrected chi connectivity index (χ0v) is 15.7. The molecule has 0 unspecified atom stereocenters. The van der Waals surface area contributed by atoms with Crippen LogP contribution in [0, 0.1) is 0 Å². The van der Waals surface area contributed by atoms with Gasteiger partial charge in [0.15, 0.2) is 0 Å². The fourth-order valence-corrected chi connectivity index (χ4v) is 3.02. The smallest absolute Gasteiger partial charge is 0.314 e. The maximum Gasteiger partial charge on any atom is 0.314 e. The van der Waals surface area contributed by atoms with Crippen molar-refractivity contribution in [3.8, 4) is 5.75 Å². The van der Waals surface area contributed by atoms with Gasteiger partial charge in [0, 0.05) is 24.5 Å². The van der Waals surface area contributed by atoms with Crippen LogP contribution >= 0.6 is 0 Å². The summed E-state index contributed by atoms with van der Waals surface area (Å²) >= 11 is 0. The third-order valence-corrected chi connectivity index (χ3v) is 4.30. The van der Waals surface area contributed by atoms with E-state index in [1.165, 1.54) is 12.8 Å². The molecule has 6 nitrogen and oxygen atoms in total. The minimum absolute atomic E-state index is 0.0361. The Hall–Kier alpha value is -3.02. The zero-order valence-electron chi connectivity index (χ0n) is 15.7. The van der Waals surface area contributed by atoms with Gasteiger partial charge in [-0.2, -0.15) is 0 Å². The Labute approximate surface area is 159 Å². The van der Waals surface area contributed by atoms with Gasteiger partial charge in [0.05, 0.1) is 11.8 Å². The molecular weight excluding hydrogens is 342 g/mol. The highest BCUT2D eigenvalue weighted by atomic mass is 16.5. The number of benzene rings is 2. The van der Waals surface area contributed by atoms with Crippen molar-refractivity contribution in [1.82, 2.24) is 0 Å². The summed E-state index contributed by atoms with van der Waals surface area (Å²) in [5.41, 5.74) is 2.19. The van der Waals surface area contributed by atoms with Crippen molar-refractivity contribution < 1.29 is 14.3 Å². The van der Waals surface area contributed by atoms with Gasteiger partial charge in [-0.1, -0.05) is 12.1 Å². The van der Waals surface area contributed by atoms with Gasteiger partial charge in [-0.3, -0.25) is 9.59 Å². The lowest BCUT2D eigenvalue weighted by Gasteiger charge is -2.18. The number of anilines is 3. The number of carbonyl (C=O) groups excluding carboxylic acids is 2. The maximum atomic E-state index is 12.2. The van der Waals surface area contributed by atoms with E-state index in [2.05, 4.69) is 15.5 Å². The third kappa shape index (κ3) is 5.00. The minimum Gasteiger partial charge on any atom is -0.489 e. The average Bonchev–Trinajstić information content (AvgIpc) is 3.18. The standard InChI is InChI=1S/C21H25N3O3/c1-15(2)27-19-8-4-3-7-18(19)23-21(26)20(25)22-16-9-11-17(12-10-16)24-13-5-6-14-24/h3-4,7-12,15H,5-6,13-14H2,1-2H3,(H,22,25)(H,23,26). The molecule has 1 saturated heterocycles. The molecule has 2 amide bonds. The molecule has 0 atom stereocenters. The van der Waals surface area contributed by atoms with E-state index >= 15 is 0 Å². The third-order valence-electron chi connectivity index (χ3n) is 4.30. The molecule has 1 aliphatic rings. The fraction of sp³-hybridized carbons (Fsp3) is 0.333. The highest BCUT2D eigenvalue weighted by molar-refractivity contribution is 6.43. The van der Waals surface area contributed by atoms with Crippen molar-refractivity contribution >= 4 is 28.9 Å². The van der Waals surface area contributed by atoms with Gasteiger partial charge >= 0.3 is 11.8 Å². The molecule has 3 rings (SSSR count). The van der Waals surface area contributed by atoms with E-state index in [-0.39, 0.29) is 6.10 Å². The van der Waals surface area contributed by atoms with Crippen molar-refractivity contribution in [2.75, 3.05) is 28.6 Å². The second-order valence-corrected chi connectivity index (χ2v) is 6.81. The molecule has 1 heterocycles. The van der Waals surface area contributed by atoms with Crippen LogP contribution in [0.25, 0.3) is 0 Å². The van der Waals surface area contributed by atoms with Crippen molar-refractivity contribution in [2.24, 2.45) is 0 Å². The van der Waals surface area contributed by atoms with E-state index < -0.39 is 11.8 Å². The Morgan fingerprint density at radius 1 is 0.926 bits per heavy atom. The summed E-state index contributed by atoms with van der Waals surface area (Å²) in [5, 5.41) is 5.24. The Morgan fingerprint density at radius 3 is 2.22 bits per heavy atom. The number of nitrogens with zero attached hydrogens (tertiary/aromatic N) is 1. The number of carbonyl (C=O) groups is 2. The van der Waals surface area contributed by atoms with Crippen molar-refractivity contribution in [2.45, 2.75) is 32.8 Å². The van der Waals surface area contributed by atoms with E-state index in [9.17, 15) is 9.59 Å². The molecule has 0 saturated carbocycles. The normalized spacial score (nSPS) is 13.5. The molecule has 1 fully saturated rings. The summed E-state index contributed by atoms with van der Waals surface area (Å²) in [7, 11) is 0. The van der Waals surface area contributed by atoms with E-state index in [4.69, 9.17) is 4.74 Å². The van der Waals surface area contributed by atoms with E-state index in [0.717, 1.165) is 18.8 Å². The van der Waals surface area contributed by atoms with Crippen LogP contribution < -0.4 is 20.3 Å². The Kier molecular flexibility index (Phi) is 5.96. The molecule has 2 aromatic carbocycles. The topological polar surface area (TPSA) is 70.7 Å². The summed E-state index contributed by atoms with van der Waals surface area (Å²) < 4.78 is 5.66. The average molecular weight is 367 g/mol. The van der Waals surface area contributed by atoms with Gasteiger partial charge < -0.3 is 20.3 Å². The first-order valence-corrected chi connectivity index (χ1v) is 9.26. The van der Waals surface area contributed by atoms with Crippen LogP contribution in [0.4, 0.5) is 17.1 Å². The number of amides is 2. The SMILES string of the molecule is CC(C)Oc1ccccc1NC(=O)C(=O)Nc1ccc(N2CCCC2)cc1. The van der Waals surface area contributed by atoms with Crippen molar-refractivity contribution in [3.63, 3.8) is 0 Å². The number of hydrogen-bond donors (Lipinski definition) is 2. The molecule has 0 aromatic heterocycles. The van der Waals surface area contributed by atoms with Crippen molar-refractivity contribution in [1.29, 1.82) is 0 Å². The molecule has 0 bridgehead atoms. The Morgan fingerprint density at radius 2 is 1.56 bits per heavy atom. The Bertz CT molecular complexity index is 797. The quantitative estimate of drug-likeness (QED) is 0.792. The largest absolute Gasteiger partial charge is 0.489 e. The van der Waals surface area contributed by atoms with Crippen LogP contribution in [0.5, 0.6) is 5.75 Å². The summed E-state index contributed by atoms with van der Waals surface area (Å²) in [6, 6.07) is 14.6. The fourth-order valence-electron chi connectivity index (χ4n) is 3.02. The molecule has 2 aromatic rings. The lowest BCUT2D eigenvalue weighted by molar-refractivity contribution is -0.133. The Balaban J connectivity index is 1.60. The van der Waals surface area contributed by atoms with Crippen LogP contribution in [-0.2, 0) is 9.59 Å². The number of nitrogens with one attached hydrogen (secondary N) is 2. The molecule has 0 radical (unpaired) electrons. The van der Waals surface area contributed by atoms with Crippen LogP contribution in [-0.4, -0.2) is 31.0 Å².